The molecule has 0 amide bonds. The first kappa shape index (κ1) is 22.5. The molecule has 0 fully saturated rings. The molecule has 0 saturated heterocycles. The van der Waals surface area contributed by atoms with Gasteiger partial charge < -0.3 is 9.64 Å². The fourth-order valence-electron chi connectivity index (χ4n) is 4.02. The van der Waals surface area contributed by atoms with Gasteiger partial charge in [-0.05, 0) is 51.0 Å². The van der Waals surface area contributed by atoms with Gasteiger partial charge >= 0.3 is 0 Å². The molecule has 0 spiro atoms. The molecule has 2 aromatic rings. The number of rotatable bonds is 8. The number of nitrogens with zero attached hydrogens (tertiary/aromatic N) is 4. The number of non-ortho nitro benzene ring substituents is 1. The van der Waals surface area contributed by atoms with Gasteiger partial charge in [-0.3, -0.25) is 10.1 Å². The van der Waals surface area contributed by atoms with Crippen LogP contribution >= 0.6 is 0 Å². The van der Waals surface area contributed by atoms with Gasteiger partial charge in [0, 0.05) is 36.0 Å². The van der Waals surface area contributed by atoms with E-state index in [1.807, 2.05) is 12.1 Å². The van der Waals surface area contributed by atoms with Crippen LogP contribution in [0.4, 0.5) is 22.7 Å². The van der Waals surface area contributed by atoms with Gasteiger partial charge in [0.1, 0.15) is 11.4 Å². The Hall–Kier alpha value is -3.22. The number of azo groups is 1. The number of allylic oxidation sites excluding steroid dienone is 1. The zero-order valence-corrected chi connectivity index (χ0v) is 18.9. The minimum atomic E-state index is -0.434. The lowest BCUT2D eigenvalue weighted by Gasteiger charge is -2.43. The molecule has 0 aliphatic carbocycles. The fraction of sp³-hybridized carbons (Fsp3) is 0.417. The van der Waals surface area contributed by atoms with Crippen LogP contribution in [0.25, 0.3) is 5.57 Å². The third kappa shape index (κ3) is 4.93. The highest BCUT2D eigenvalue weighted by atomic mass is 16.6. The maximum atomic E-state index is 10.8. The number of nitro groups is 1. The van der Waals surface area contributed by atoms with Crippen molar-refractivity contribution in [3.05, 3.63) is 58.2 Å². The molecule has 1 heterocycles. The van der Waals surface area contributed by atoms with Gasteiger partial charge in [-0.2, -0.15) is 5.11 Å². The average molecular weight is 423 g/mol. The van der Waals surface area contributed by atoms with E-state index in [2.05, 4.69) is 48.9 Å². The van der Waals surface area contributed by atoms with Crippen LogP contribution in [0.15, 0.2) is 52.7 Å². The molecule has 1 aliphatic heterocycles. The number of ether oxygens (including phenoxy) is 1. The van der Waals surface area contributed by atoms with E-state index >= 15 is 0 Å². The van der Waals surface area contributed by atoms with Crippen LogP contribution < -0.4 is 9.64 Å². The number of hydrogen-bond acceptors (Lipinski definition) is 6. The Morgan fingerprint density at radius 1 is 1.13 bits per heavy atom. The zero-order valence-electron chi connectivity index (χ0n) is 18.9. The van der Waals surface area contributed by atoms with E-state index in [9.17, 15) is 10.1 Å². The van der Waals surface area contributed by atoms with Crippen molar-refractivity contribution in [3.8, 4) is 5.75 Å². The molecule has 0 aromatic heterocycles. The molecule has 0 unspecified atom stereocenters. The second kappa shape index (κ2) is 9.29. The molecule has 0 atom stereocenters. The molecule has 0 radical (unpaired) electrons. The average Bonchev–Trinajstić information content (AvgIpc) is 2.74. The Labute approximate surface area is 183 Å². The SMILES string of the molecule is CCCCCN1c2cc(OC)c(N=Nc3ccc([N+](=O)[O-])cc3)cc2C(C)=CC1(C)C. The van der Waals surface area contributed by atoms with Crippen LogP contribution in [0.1, 0.15) is 52.5 Å². The predicted molar refractivity (Wildman–Crippen MR) is 125 cm³/mol. The molecule has 2 aromatic carbocycles. The minimum Gasteiger partial charge on any atom is -0.494 e. The minimum absolute atomic E-state index is 0.0249. The Morgan fingerprint density at radius 2 is 1.84 bits per heavy atom. The second-order valence-electron chi connectivity index (χ2n) is 8.35. The lowest BCUT2D eigenvalue weighted by atomic mass is 9.88. The van der Waals surface area contributed by atoms with Crippen LogP contribution in [-0.2, 0) is 0 Å². The smallest absolute Gasteiger partial charge is 0.269 e. The number of methoxy groups -OCH3 is 1. The standard InChI is InChI=1S/C24H30N4O3/c1-6-7-8-13-27-22-15-23(31-5)21(14-20(22)17(2)16-24(27,3)4)26-25-18-9-11-19(12-10-18)28(29)30/h9-12,14-16H,6-8,13H2,1-5H3. The highest BCUT2D eigenvalue weighted by molar-refractivity contribution is 5.85. The molecule has 3 rings (SSSR count). The van der Waals surface area contributed by atoms with Crippen molar-refractivity contribution in [3.63, 3.8) is 0 Å². The third-order valence-electron chi connectivity index (χ3n) is 5.60. The lowest BCUT2D eigenvalue weighted by Crippen LogP contribution is -2.45. The number of unbranched alkanes of at least 4 members (excludes halogenated alkanes) is 2. The Kier molecular flexibility index (Phi) is 6.73. The topological polar surface area (TPSA) is 80.3 Å². The van der Waals surface area contributed by atoms with Gasteiger partial charge in [0.15, 0.2) is 0 Å². The van der Waals surface area contributed by atoms with E-state index < -0.39 is 4.92 Å². The summed E-state index contributed by atoms with van der Waals surface area (Å²) in [6, 6.07) is 10.1. The summed E-state index contributed by atoms with van der Waals surface area (Å²) in [5.41, 5.74) is 4.57. The van der Waals surface area contributed by atoms with Gasteiger partial charge in [-0.1, -0.05) is 25.8 Å². The third-order valence-corrected chi connectivity index (χ3v) is 5.60. The highest BCUT2D eigenvalue weighted by Gasteiger charge is 2.32. The maximum Gasteiger partial charge on any atom is 0.269 e. The van der Waals surface area contributed by atoms with E-state index in [0.717, 1.165) is 24.2 Å². The summed E-state index contributed by atoms with van der Waals surface area (Å²) in [6.45, 7) is 9.78. The molecule has 0 N–H and O–H groups in total. The van der Waals surface area contributed by atoms with E-state index in [-0.39, 0.29) is 11.2 Å². The van der Waals surface area contributed by atoms with Crippen molar-refractivity contribution in [2.75, 3.05) is 18.6 Å². The quantitative estimate of drug-likeness (QED) is 0.195. The van der Waals surface area contributed by atoms with E-state index in [0.29, 0.717) is 17.1 Å². The summed E-state index contributed by atoms with van der Waals surface area (Å²) in [5.74, 6) is 0.649. The van der Waals surface area contributed by atoms with Gasteiger partial charge in [0.05, 0.1) is 23.3 Å². The van der Waals surface area contributed by atoms with Gasteiger partial charge in [-0.25, -0.2) is 0 Å². The first-order valence-electron chi connectivity index (χ1n) is 10.6. The molecule has 0 bridgehead atoms. The highest BCUT2D eigenvalue weighted by Crippen LogP contribution is 2.45. The van der Waals surface area contributed by atoms with Crippen LogP contribution in [0, 0.1) is 10.1 Å². The number of nitro benzene ring substituents is 1. The van der Waals surface area contributed by atoms with Crippen LogP contribution in [-0.4, -0.2) is 24.1 Å². The number of fused-ring (bicyclic) bond motifs is 1. The van der Waals surface area contributed by atoms with Crippen LogP contribution in [0.5, 0.6) is 5.75 Å². The molecular weight excluding hydrogens is 392 g/mol. The summed E-state index contributed by atoms with van der Waals surface area (Å²) < 4.78 is 5.64. The van der Waals surface area contributed by atoms with Gasteiger partial charge in [0.2, 0.25) is 0 Å². The van der Waals surface area contributed by atoms with Crippen molar-refractivity contribution in [1.82, 2.24) is 0 Å². The largest absolute Gasteiger partial charge is 0.494 e. The summed E-state index contributed by atoms with van der Waals surface area (Å²) in [6.07, 6.45) is 5.81. The van der Waals surface area contributed by atoms with Crippen LogP contribution in [0.3, 0.4) is 0 Å². The Bertz CT molecular complexity index is 1010. The predicted octanol–water partition coefficient (Wildman–Crippen LogP) is 7.21. The lowest BCUT2D eigenvalue weighted by molar-refractivity contribution is -0.384. The molecule has 31 heavy (non-hydrogen) atoms. The molecule has 0 saturated carbocycles. The van der Waals surface area contributed by atoms with Crippen molar-refractivity contribution in [2.45, 2.75) is 52.5 Å². The van der Waals surface area contributed by atoms with Crippen molar-refractivity contribution < 1.29 is 9.66 Å². The normalized spacial score (nSPS) is 15.0. The summed E-state index contributed by atoms with van der Waals surface area (Å²) in [5, 5.41) is 19.5. The van der Waals surface area contributed by atoms with Crippen molar-refractivity contribution in [1.29, 1.82) is 0 Å². The van der Waals surface area contributed by atoms with E-state index in [4.69, 9.17) is 4.74 Å². The summed E-state index contributed by atoms with van der Waals surface area (Å²) in [4.78, 5) is 12.8. The van der Waals surface area contributed by atoms with E-state index in [1.54, 1.807) is 19.2 Å². The van der Waals surface area contributed by atoms with Crippen molar-refractivity contribution >= 4 is 28.3 Å². The summed E-state index contributed by atoms with van der Waals surface area (Å²) in [7, 11) is 1.63. The van der Waals surface area contributed by atoms with Crippen LogP contribution in [0.2, 0.25) is 0 Å². The number of anilines is 1. The van der Waals surface area contributed by atoms with Crippen molar-refractivity contribution in [2.24, 2.45) is 10.2 Å². The molecule has 1 aliphatic rings. The molecule has 7 heteroatoms. The molecule has 164 valence electrons. The number of hydrogen-bond donors (Lipinski definition) is 0. The fourth-order valence-corrected chi connectivity index (χ4v) is 4.02. The van der Waals surface area contributed by atoms with Gasteiger partial charge in [-0.15, -0.1) is 5.11 Å². The Balaban J connectivity index is 1.97. The number of benzene rings is 2. The second-order valence-corrected chi connectivity index (χ2v) is 8.35. The van der Waals surface area contributed by atoms with E-state index in [1.165, 1.54) is 30.5 Å². The molecular formula is C24H30N4O3. The monoisotopic (exact) mass is 422 g/mol. The first-order chi connectivity index (χ1) is 14.8. The van der Waals surface area contributed by atoms with Gasteiger partial charge in [0.25, 0.3) is 5.69 Å². The maximum absolute atomic E-state index is 10.8. The zero-order chi connectivity index (χ0) is 22.6. The molecule has 7 nitrogen and oxygen atoms in total. The first-order valence-corrected chi connectivity index (χ1v) is 10.6. The Morgan fingerprint density at radius 3 is 2.45 bits per heavy atom. The summed E-state index contributed by atoms with van der Waals surface area (Å²) >= 11 is 0.